The molecule has 3 rings (SSSR count). The van der Waals surface area contributed by atoms with Crippen LogP contribution in [0.2, 0.25) is 0 Å². The molecule has 1 heterocycles. The molecule has 0 unspecified atom stereocenters. The number of carbonyl (C=O) groups is 1. The Bertz CT molecular complexity index is 927. The molecule has 0 aliphatic heterocycles. The highest BCUT2D eigenvalue weighted by Crippen LogP contribution is 2.21. The van der Waals surface area contributed by atoms with Gasteiger partial charge in [0.2, 0.25) is 0 Å². The van der Waals surface area contributed by atoms with Gasteiger partial charge in [-0.3, -0.25) is 9.48 Å². The van der Waals surface area contributed by atoms with E-state index in [4.69, 9.17) is 0 Å². The lowest BCUT2D eigenvalue weighted by atomic mass is 10.2. The van der Waals surface area contributed by atoms with E-state index < -0.39 is 0 Å². The molecule has 1 aromatic heterocycles. The van der Waals surface area contributed by atoms with Crippen LogP contribution in [0, 0.1) is 0 Å². The Balaban J connectivity index is 1.58. The summed E-state index contributed by atoms with van der Waals surface area (Å²) in [7, 11) is 5.76. The smallest absolute Gasteiger partial charge is 0.251 e. The molecule has 0 saturated carbocycles. The van der Waals surface area contributed by atoms with Crippen LogP contribution >= 0.6 is 0 Å². The molecule has 1 N–H and O–H groups in total. The summed E-state index contributed by atoms with van der Waals surface area (Å²) in [6.07, 6.45) is 1.76. The molecule has 1 amide bonds. The number of aryl methyl sites for hydroxylation is 1. The van der Waals surface area contributed by atoms with Crippen molar-refractivity contribution in [3.05, 3.63) is 66.0 Å². The van der Waals surface area contributed by atoms with Gasteiger partial charge in [0.05, 0.1) is 17.9 Å². The topological polar surface area (TPSA) is 87.8 Å². The van der Waals surface area contributed by atoms with Crippen LogP contribution < -0.4 is 10.2 Å². The van der Waals surface area contributed by atoms with Gasteiger partial charge in [-0.1, -0.05) is 5.21 Å². The molecule has 0 radical (unpaired) electrons. The van der Waals surface area contributed by atoms with Crippen LogP contribution in [-0.4, -0.2) is 35.0 Å². The van der Waals surface area contributed by atoms with Gasteiger partial charge in [-0.25, -0.2) is 0 Å². The number of anilines is 1. The fourth-order valence-electron chi connectivity index (χ4n) is 2.36. The molecule has 2 aromatic carbocycles. The van der Waals surface area contributed by atoms with E-state index >= 15 is 0 Å². The number of hydrogen-bond donors (Lipinski definition) is 1. The first kappa shape index (κ1) is 18.2. The Hall–Kier alpha value is -3.55. The summed E-state index contributed by atoms with van der Waals surface area (Å²) in [5, 5.41) is 19.0. The van der Waals surface area contributed by atoms with Crippen LogP contribution in [0.15, 0.2) is 65.0 Å². The van der Waals surface area contributed by atoms with Crippen molar-refractivity contribution in [3.8, 4) is 0 Å². The highest BCUT2D eigenvalue weighted by molar-refractivity contribution is 5.94. The van der Waals surface area contributed by atoms with Crippen molar-refractivity contribution in [2.75, 3.05) is 19.0 Å². The maximum atomic E-state index is 12.2. The van der Waals surface area contributed by atoms with E-state index in [2.05, 4.69) is 25.9 Å². The van der Waals surface area contributed by atoms with Crippen molar-refractivity contribution >= 4 is 23.0 Å². The highest BCUT2D eigenvalue weighted by atomic mass is 16.1. The van der Waals surface area contributed by atoms with E-state index in [-0.39, 0.29) is 5.91 Å². The summed E-state index contributed by atoms with van der Waals surface area (Å²) in [5.74, 6) is -0.177. The van der Waals surface area contributed by atoms with Crippen molar-refractivity contribution in [2.45, 2.75) is 6.54 Å². The Morgan fingerprint density at radius 1 is 1.04 bits per heavy atom. The van der Waals surface area contributed by atoms with Crippen molar-refractivity contribution in [1.82, 2.24) is 20.3 Å². The molecule has 8 heteroatoms. The fourth-order valence-corrected chi connectivity index (χ4v) is 2.36. The van der Waals surface area contributed by atoms with E-state index in [1.165, 1.54) is 0 Å². The first-order valence-corrected chi connectivity index (χ1v) is 8.44. The number of benzene rings is 2. The molecule has 0 fully saturated rings. The summed E-state index contributed by atoms with van der Waals surface area (Å²) in [6, 6.07) is 14.7. The third-order valence-corrected chi connectivity index (χ3v) is 3.86. The standard InChI is InChI=1S/C19H21N7O/c1-25(2)18-10-8-16(9-11-18)22-21-15-6-4-14(5-7-15)19(27)20-12-17-13-26(3)24-23-17/h4-11,13H,12H2,1-3H3,(H,20,27). The van der Waals surface area contributed by atoms with Crippen molar-refractivity contribution in [3.63, 3.8) is 0 Å². The van der Waals surface area contributed by atoms with Crippen molar-refractivity contribution in [1.29, 1.82) is 0 Å². The molecule has 138 valence electrons. The van der Waals surface area contributed by atoms with Gasteiger partial charge in [0, 0.05) is 38.6 Å². The first-order valence-electron chi connectivity index (χ1n) is 8.44. The van der Waals surface area contributed by atoms with Gasteiger partial charge in [0.1, 0.15) is 5.69 Å². The van der Waals surface area contributed by atoms with Gasteiger partial charge in [-0.05, 0) is 48.5 Å². The molecule has 8 nitrogen and oxygen atoms in total. The summed E-state index contributed by atoms with van der Waals surface area (Å²) < 4.78 is 1.59. The van der Waals surface area contributed by atoms with Crippen LogP contribution in [0.5, 0.6) is 0 Å². The predicted molar refractivity (Wildman–Crippen MR) is 104 cm³/mol. The lowest BCUT2D eigenvalue weighted by molar-refractivity contribution is 0.0950. The fraction of sp³-hybridized carbons (Fsp3) is 0.211. The minimum atomic E-state index is -0.177. The summed E-state index contributed by atoms with van der Waals surface area (Å²) in [6.45, 7) is 0.330. The first-order chi connectivity index (χ1) is 13.0. The number of rotatable bonds is 6. The van der Waals surface area contributed by atoms with E-state index in [0.29, 0.717) is 23.5 Å². The maximum absolute atomic E-state index is 12.2. The third kappa shape index (κ3) is 4.97. The van der Waals surface area contributed by atoms with Crippen LogP contribution in [0.25, 0.3) is 0 Å². The summed E-state index contributed by atoms with van der Waals surface area (Å²) >= 11 is 0. The van der Waals surface area contributed by atoms with Crippen LogP contribution in [-0.2, 0) is 13.6 Å². The average molecular weight is 363 g/mol. The monoisotopic (exact) mass is 363 g/mol. The van der Waals surface area contributed by atoms with Gasteiger partial charge in [0.15, 0.2) is 0 Å². The van der Waals surface area contributed by atoms with Gasteiger partial charge in [-0.15, -0.1) is 5.10 Å². The Morgan fingerprint density at radius 3 is 2.15 bits per heavy atom. The molecule has 0 atom stereocenters. The van der Waals surface area contributed by atoms with Crippen molar-refractivity contribution < 1.29 is 4.79 Å². The molecule has 0 bridgehead atoms. The largest absolute Gasteiger partial charge is 0.378 e. The van der Waals surface area contributed by atoms with Gasteiger partial charge in [-0.2, -0.15) is 10.2 Å². The minimum absolute atomic E-state index is 0.177. The predicted octanol–water partition coefficient (Wildman–Crippen LogP) is 3.23. The minimum Gasteiger partial charge on any atom is -0.378 e. The molecule has 0 aliphatic carbocycles. The number of azo groups is 1. The molecule has 0 spiro atoms. The third-order valence-electron chi connectivity index (χ3n) is 3.86. The van der Waals surface area contributed by atoms with Gasteiger partial charge >= 0.3 is 0 Å². The van der Waals surface area contributed by atoms with E-state index in [9.17, 15) is 4.79 Å². The maximum Gasteiger partial charge on any atom is 0.251 e. The number of nitrogens with one attached hydrogen (secondary N) is 1. The van der Waals surface area contributed by atoms with Crippen LogP contribution in [0.4, 0.5) is 17.1 Å². The number of hydrogen-bond acceptors (Lipinski definition) is 6. The SMILES string of the molecule is CN(C)c1ccc(N=Nc2ccc(C(=O)NCc3cn(C)nn3)cc2)cc1. The van der Waals surface area contributed by atoms with Crippen LogP contribution in [0.1, 0.15) is 16.1 Å². The average Bonchev–Trinajstić information content (AvgIpc) is 3.10. The number of nitrogens with zero attached hydrogens (tertiary/aromatic N) is 6. The van der Waals surface area contributed by atoms with Crippen LogP contribution in [0.3, 0.4) is 0 Å². The number of carbonyl (C=O) groups excluding carboxylic acids is 1. The highest BCUT2D eigenvalue weighted by Gasteiger charge is 2.06. The quantitative estimate of drug-likeness (QED) is 0.681. The summed E-state index contributed by atoms with van der Waals surface area (Å²) in [4.78, 5) is 14.2. The second-order valence-corrected chi connectivity index (χ2v) is 6.22. The number of aromatic nitrogens is 3. The molecule has 27 heavy (non-hydrogen) atoms. The second kappa shape index (κ2) is 8.22. The molecule has 0 saturated heterocycles. The lowest BCUT2D eigenvalue weighted by Gasteiger charge is -2.11. The lowest BCUT2D eigenvalue weighted by Crippen LogP contribution is -2.22. The molecular formula is C19H21N7O. The molecule has 3 aromatic rings. The van der Waals surface area contributed by atoms with E-state index in [1.807, 2.05) is 43.3 Å². The van der Waals surface area contributed by atoms with Crippen molar-refractivity contribution in [2.24, 2.45) is 17.3 Å². The molecular weight excluding hydrogens is 342 g/mol. The second-order valence-electron chi connectivity index (χ2n) is 6.22. The van der Waals surface area contributed by atoms with Gasteiger partial charge in [0.25, 0.3) is 5.91 Å². The van der Waals surface area contributed by atoms with Gasteiger partial charge < -0.3 is 10.2 Å². The zero-order valence-corrected chi connectivity index (χ0v) is 15.5. The Morgan fingerprint density at radius 2 is 1.63 bits per heavy atom. The molecule has 0 aliphatic rings. The Labute approximate surface area is 157 Å². The zero-order valence-electron chi connectivity index (χ0n) is 15.5. The van der Waals surface area contributed by atoms with E-state index in [1.54, 1.807) is 42.2 Å². The number of amides is 1. The Kier molecular flexibility index (Phi) is 5.55. The normalized spacial score (nSPS) is 10.9. The summed E-state index contributed by atoms with van der Waals surface area (Å²) in [5.41, 5.74) is 3.80. The van der Waals surface area contributed by atoms with E-state index in [0.717, 1.165) is 11.4 Å². The zero-order chi connectivity index (χ0) is 19.2.